The van der Waals surface area contributed by atoms with Gasteiger partial charge in [0, 0.05) is 23.7 Å². The average Bonchev–Trinajstić information content (AvgIpc) is 2.72. The Morgan fingerprint density at radius 1 is 1.37 bits per heavy atom. The van der Waals surface area contributed by atoms with E-state index in [1.54, 1.807) is 24.3 Å². The van der Waals surface area contributed by atoms with Crippen LogP contribution < -0.4 is 16.0 Å². The van der Waals surface area contributed by atoms with E-state index >= 15 is 0 Å². The van der Waals surface area contributed by atoms with E-state index in [-0.39, 0.29) is 19.6 Å². The van der Waals surface area contributed by atoms with Crippen molar-refractivity contribution in [3.8, 4) is 0 Å². The molecule has 3 heterocycles. The molecule has 2 amide bonds. The van der Waals surface area contributed by atoms with Gasteiger partial charge in [0.2, 0.25) is 5.72 Å². The lowest BCUT2D eigenvalue weighted by Crippen LogP contribution is -2.84. The van der Waals surface area contributed by atoms with Crippen molar-refractivity contribution < 1.29 is 39.5 Å². The van der Waals surface area contributed by atoms with Gasteiger partial charge in [-0.3, -0.25) is 14.4 Å². The van der Waals surface area contributed by atoms with Crippen LogP contribution in [0.3, 0.4) is 0 Å². The molecule has 3 saturated heterocycles. The van der Waals surface area contributed by atoms with Gasteiger partial charge in [-0.2, -0.15) is 0 Å². The summed E-state index contributed by atoms with van der Waals surface area (Å²) in [6, 6.07) is 6.58. The molecule has 30 heavy (non-hydrogen) atoms. The normalized spacial score (nSPS) is 31.6. The van der Waals surface area contributed by atoms with E-state index in [9.17, 15) is 34.8 Å². The molecule has 11 heteroatoms. The maximum atomic E-state index is 12.8. The van der Waals surface area contributed by atoms with Gasteiger partial charge in [0.15, 0.2) is 0 Å². The summed E-state index contributed by atoms with van der Waals surface area (Å²) >= 11 is 0. The van der Waals surface area contributed by atoms with Gasteiger partial charge in [-0.25, -0.2) is 0 Å². The zero-order chi connectivity index (χ0) is 22.2. The number of amides is 2. The highest BCUT2D eigenvalue weighted by Crippen LogP contribution is 2.34. The number of aliphatic hydroxyl groups excluding tert-OH is 2. The van der Waals surface area contributed by atoms with Crippen molar-refractivity contribution in [1.29, 1.82) is 0 Å². The second kappa shape index (κ2) is 7.93. The van der Waals surface area contributed by atoms with Crippen LogP contribution in [0.5, 0.6) is 0 Å². The van der Waals surface area contributed by atoms with Gasteiger partial charge in [0.1, 0.15) is 18.0 Å². The van der Waals surface area contributed by atoms with E-state index in [0.29, 0.717) is 17.5 Å². The fraction of sp³-hybridized carbons (Fsp3) is 0.526. The number of hydrogen-bond donors (Lipinski definition) is 7. The lowest BCUT2D eigenvalue weighted by atomic mass is 9.82. The Balaban J connectivity index is 1.83. The molecule has 1 unspecified atom stereocenters. The van der Waals surface area contributed by atoms with E-state index in [4.69, 9.17) is 4.74 Å². The molecule has 5 atom stereocenters. The highest BCUT2D eigenvalue weighted by Gasteiger charge is 2.64. The Morgan fingerprint density at radius 3 is 2.77 bits per heavy atom. The molecule has 3 fully saturated rings. The summed E-state index contributed by atoms with van der Waals surface area (Å²) in [5.41, 5.74) is -5.81. The number of benzene rings is 1. The molecular weight excluding hydrogens is 398 g/mol. The first kappa shape index (κ1) is 22.1. The number of carbonyl (C=O) groups excluding carboxylic acids is 3. The molecule has 0 radical (unpaired) electrons. The molecule has 2 bridgehead atoms. The molecule has 0 saturated carbocycles. The van der Waals surface area contributed by atoms with E-state index in [1.807, 2.05) is 0 Å². The zero-order valence-corrected chi connectivity index (χ0v) is 16.3. The Labute approximate surface area is 172 Å². The molecule has 0 aromatic heterocycles. The van der Waals surface area contributed by atoms with E-state index < -0.39 is 47.5 Å². The molecule has 11 nitrogen and oxygen atoms in total. The van der Waals surface area contributed by atoms with Crippen molar-refractivity contribution in [3.05, 3.63) is 29.8 Å². The topological polar surface area (TPSA) is 177 Å². The quantitative estimate of drug-likeness (QED) is 0.237. The van der Waals surface area contributed by atoms with Crippen molar-refractivity contribution in [2.75, 3.05) is 25.1 Å². The summed E-state index contributed by atoms with van der Waals surface area (Å²) in [4.78, 5) is 36.5. The minimum Gasteiger partial charge on any atom is -0.393 e. The Kier molecular flexibility index (Phi) is 5.85. The number of piperazine rings is 1. The molecule has 164 valence electrons. The first-order valence-electron chi connectivity index (χ1n) is 9.41. The third kappa shape index (κ3) is 3.66. The minimum atomic E-state index is -2.37. The lowest BCUT2D eigenvalue weighted by molar-refractivity contribution is -0.240. The lowest BCUT2D eigenvalue weighted by Gasteiger charge is -2.51. The van der Waals surface area contributed by atoms with Crippen molar-refractivity contribution in [1.82, 2.24) is 10.6 Å². The van der Waals surface area contributed by atoms with Crippen molar-refractivity contribution >= 4 is 23.8 Å². The standard InChI is InChI=1S/C19H25N3O8/c1-17(28,10-24)14(25)19-16(27)21-18(29,15(26)22-19)12(5-6-30-19)8-20-13-4-2-3-11(7-13)9-23/h2-4,7,9,12,14,20,24-25,28-29H,5-6,8,10H2,1H3,(H,21,27)(H,22,26)/t12?,14-,17-,18+,19-/m0/s1. The monoisotopic (exact) mass is 423 g/mol. The van der Waals surface area contributed by atoms with Gasteiger partial charge in [0.25, 0.3) is 17.5 Å². The van der Waals surface area contributed by atoms with Gasteiger partial charge in [-0.15, -0.1) is 0 Å². The van der Waals surface area contributed by atoms with Crippen LogP contribution in [0.25, 0.3) is 0 Å². The molecule has 7 N–H and O–H groups in total. The first-order valence-corrected chi connectivity index (χ1v) is 9.41. The van der Waals surface area contributed by atoms with Gasteiger partial charge in [-0.1, -0.05) is 12.1 Å². The van der Waals surface area contributed by atoms with Crippen LogP contribution >= 0.6 is 0 Å². The predicted molar refractivity (Wildman–Crippen MR) is 102 cm³/mol. The number of anilines is 1. The number of aldehydes is 1. The van der Waals surface area contributed by atoms with Gasteiger partial charge < -0.3 is 41.1 Å². The van der Waals surface area contributed by atoms with Crippen LogP contribution in [0.2, 0.25) is 0 Å². The molecule has 1 aromatic carbocycles. The molecule has 1 aromatic rings. The van der Waals surface area contributed by atoms with Crippen molar-refractivity contribution in [2.45, 2.75) is 36.5 Å². The maximum absolute atomic E-state index is 12.8. The molecular formula is C19H25N3O8. The van der Waals surface area contributed by atoms with Crippen molar-refractivity contribution in [2.24, 2.45) is 5.92 Å². The summed E-state index contributed by atoms with van der Waals surface area (Å²) in [6.45, 7) is 0.0864. The fourth-order valence-corrected chi connectivity index (χ4v) is 3.61. The van der Waals surface area contributed by atoms with Crippen LogP contribution in [0.15, 0.2) is 24.3 Å². The molecule has 3 aliphatic heterocycles. The third-order valence-corrected chi connectivity index (χ3v) is 5.54. The number of carbonyl (C=O) groups is 3. The predicted octanol–water partition coefficient (Wildman–Crippen LogP) is -2.32. The van der Waals surface area contributed by atoms with Gasteiger partial charge >= 0.3 is 0 Å². The summed E-state index contributed by atoms with van der Waals surface area (Å²) in [6.07, 6.45) is -1.21. The summed E-state index contributed by atoms with van der Waals surface area (Å²) in [5.74, 6) is -2.91. The summed E-state index contributed by atoms with van der Waals surface area (Å²) in [7, 11) is 0. The largest absolute Gasteiger partial charge is 0.393 e. The van der Waals surface area contributed by atoms with Crippen LogP contribution in [0.4, 0.5) is 5.69 Å². The van der Waals surface area contributed by atoms with E-state index in [0.717, 1.165) is 6.92 Å². The maximum Gasteiger partial charge on any atom is 0.278 e. The number of nitrogens with one attached hydrogen (secondary N) is 3. The van der Waals surface area contributed by atoms with Gasteiger partial charge in [0.05, 0.1) is 13.2 Å². The number of ether oxygens (including phenoxy) is 1. The minimum absolute atomic E-state index is 0.0553. The smallest absolute Gasteiger partial charge is 0.278 e. The second-order valence-corrected chi connectivity index (χ2v) is 7.79. The molecule has 3 aliphatic rings. The molecule has 4 rings (SSSR count). The molecule has 0 spiro atoms. The average molecular weight is 423 g/mol. The van der Waals surface area contributed by atoms with Gasteiger partial charge in [-0.05, 0) is 25.5 Å². The van der Waals surface area contributed by atoms with E-state index in [1.165, 1.54) is 0 Å². The number of hydrogen-bond acceptors (Lipinski definition) is 9. The highest BCUT2D eigenvalue weighted by atomic mass is 16.5. The first-order chi connectivity index (χ1) is 14.1. The van der Waals surface area contributed by atoms with E-state index in [2.05, 4.69) is 16.0 Å². The summed E-state index contributed by atoms with van der Waals surface area (Å²) < 4.78 is 5.50. The number of aliphatic hydroxyl groups is 4. The Bertz CT molecular complexity index is 847. The number of rotatable bonds is 7. The molecule has 0 aliphatic carbocycles. The SMILES string of the molecule is C[C@](O)(CO)[C@H](O)[C@@]12NC(=O)[C@@](O)(NC1=O)C(CNc1cccc(C=O)c1)CCO2. The van der Waals surface area contributed by atoms with Crippen LogP contribution in [-0.4, -0.2) is 81.4 Å². The Morgan fingerprint density at radius 2 is 2.10 bits per heavy atom. The van der Waals surface area contributed by atoms with Crippen LogP contribution in [0.1, 0.15) is 23.7 Å². The number of fused-ring (bicyclic) bond motifs is 5. The Hall–Kier alpha value is -2.57. The summed E-state index contributed by atoms with van der Waals surface area (Å²) in [5, 5.41) is 48.4. The fourth-order valence-electron chi connectivity index (χ4n) is 3.61. The highest BCUT2D eigenvalue weighted by molar-refractivity contribution is 6.01. The van der Waals surface area contributed by atoms with Crippen LogP contribution in [-0.2, 0) is 14.3 Å². The second-order valence-electron chi connectivity index (χ2n) is 7.79. The van der Waals surface area contributed by atoms with Crippen LogP contribution in [0, 0.1) is 5.92 Å². The zero-order valence-electron chi connectivity index (χ0n) is 16.3. The van der Waals surface area contributed by atoms with Crippen molar-refractivity contribution in [3.63, 3.8) is 0 Å². The third-order valence-electron chi connectivity index (χ3n) is 5.54.